The lowest BCUT2D eigenvalue weighted by Gasteiger charge is -2.34. The van der Waals surface area contributed by atoms with E-state index in [2.05, 4.69) is 31.4 Å². The highest BCUT2D eigenvalue weighted by Gasteiger charge is 2.18. The Balaban J connectivity index is 1.20. The second-order valence-corrected chi connectivity index (χ2v) is 6.75. The number of oxazole rings is 1. The monoisotopic (exact) mass is 339 g/mol. The molecule has 0 spiro atoms. The Morgan fingerprint density at radius 2 is 1.88 bits per heavy atom. The quantitative estimate of drug-likeness (QED) is 0.690. The number of hydrogen-bond donors (Lipinski definition) is 0. The number of aryl methyl sites for hydroxylation is 2. The summed E-state index contributed by atoms with van der Waals surface area (Å²) >= 11 is 0. The Kier molecular flexibility index (Phi) is 4.81. The summed E-state index contributed by atoms with van der Waals surface area (Å²) in [6, 6.07) is 7.97. The second kappa shape index (κ2) is 7.37. The molecule has 0 N–H and O–H groups in total. The molecule has 2 aromatic heterocycles. The fraction of sp³-hybridized carbons (Fsp3) is 0.474. The number of nitrogens with zero attached hydrogens (tertiary/aromatic N) is 5. The molecule has 1 aromatic carbocycles. The summed E-state index contributed by atoms with van der Waals surface area (Å²) in [4.78, 5) is 14.0. The van der Waals surface area contributed by atoms with Crippen molar-refractivity contribution in [1.82, 2.24) is 24.3 Å². The lowest BCUT2D eigenvalue weighted by molar-refractivity contribution is 0.123. The highest BCUT2D eigenvalue weighted by Crippen LogP contribution is 2.16. The second-order valence-electron chi connectivity index (χ2n) is 6.75. The first-order valence-corrected chi connectivity index (χ1v) is 9.03. The van der Waals surface area contributed by atoms with Gasteiger partial charge in [0.25, 0.3) is 0 Å². The summed E-state index contributed by atoms with van der Waals surface area (Å²) < 4.78 is 7.90. The van der Waals surface area contributed by atoms with Gasteiger partial charge in [-0.2, -0.15) is 0 Å². The zero-order valence-corrected chi connectivity index (χ0v) is 14.8. The summed E-state index contributed by atoms with van der Waals surface area (Å²) in [5.41, 5.74) is 1.85. The van der Waals surface area contributed by atoms with E-state index in [1.165, 1.54) is 0 Å². The number of piperazine rings is 1. The van der Waals surface area contributed by atoms with Crippen molar-refractivity contribution >= 4 is 11.1 Å². The van der Waals surface area contributed by atoms with Crippen LogP contribution in [-0.2, 0) is 20.0 Å². The van der Waals surface area contributed by atoms with E-state index < -0.39 is 0 Å². The Labute approximate surface area is 148 Å². The first-order valence-electron chi connectivity index (χ1n) is 9.03. The van der Waals surface area contributed by atoms with Gasteiger partial charge in [0.2, 0.25) is 0 Å². The van der Waals surface area contributed by atoms with Crippen LogP contribution in [0.15, 0.2) is 41.1 Å². The van der Waals surface area contributed by atoms with Crippen LogP contribution < -0.4 is 0 Å². The number of rotatable bonds is 6. The van der Waals surface area contributed by atoms with Gasteiger partial charge in [-0.1, -0.05) is 12.1 Å². The fourth-order valence-electron chi connectivity index (χ4n) is 3.40. The van der Waals surface area contributed by atoms with Crippen LogP contribution in [0.4, 0.5) is 0 Å². The van der Waals surface area contributed by atoms with Crippen LogP contribution in [0.3, 0.4) is 0 Å². The van der Waals surface area contributed by atoms with E-state index in [0.717, 1.165) is 74.9 Å². The van der Waals surface area contributed by atoms with Gasteiger partial charge >= 0.3 is 0 Å². The molecule has 0 bridgehead atoms. The van der Waals surface area contributed by atoms with Gasteiger partial charge in [-0.25, -0.2) is 9.97 Å². The molecule has 0 radical (unpaired) electrons. The Morgan fingerprint density at radius 3 is 2.64 bits per heavy atom. The third-order valence-corrected chi connectivity index (χ3v) is 4.95. The zero-order valence-electron chi connectivity index (χ0n) is 14.8. The molecule has 1 aliphatic rings. The van der Waals surface area contributed by atoms with Crippen LogP contribution in [-0.4, -0.2) is 57.1 Å². The summed E-state index contributed by atoms with van der Waals surface area (Å²) in [7, 11) is 2.06. The molecule has 25 heavy (non-hydrogen) atoms. The van der Waals surface area contributed by atoms with Crippen LogP contribution in [0, 0.1) is 0 Å². The number of aromatic nitrogens is 3. The van der Waals surface area contributed by atoms with E-state index in [4.69, 9.17) is 4.42 Å². The van der Waals surface area contributed by atoms with Gasteiger partial charge in [0, 0.05) is 52.0 Å². The lowest BCUT2D eigenvalue weighted by atomic mass is 10.2. The molecular formula is C19H25N5O. The average molecular weight is 339 g/mol. The molecule has 0 unspecified atom stereocenters. The molecule has 132 valence electrons. The summed E-state index contributed by atoms with van der Waals surface area (Å²) in [5.74, 6) is 2.00. The normalized spacial score (nSPS) is 16.7. The minimum Gasteiger partial charge on any atom is -0.441 e. The largest absolute Gasteiger partial charge is 0.441 e. The molecule has 0 aliphatic carbocycles. The van der Waals surface area contributed by atoms with Crippen molar-refractivity contribution in [3.63, 3.8) is 0 Å². The summed E-state index contributed by atoms with van der Waals surface area (Å²) in [6.45, 7) is 6.51. The van der Waals surface area contributed by atoms with E-state index in [-0.39, 0.29) is 0 Å². The number of benzene rings is 1. The number of hydrogen-bond acceptors (Lipinski definition) is 5. The van der Waals surface area contributed by atoms with Crippen LogP contribution in [0.5, 0.6) is 0 Å². The van der Waals surface area contributed by atoms with Gasteiger partial charge in [0.1, 0.15) is 11.3 Å². The SMILES string of the molecule is Cn1ccnc1CN1CCN(CCCc2nc3ccccc3o2)CC1. The molecule has 1 fully saturated rings. The van der Waals surface area contributed by atoms with E-state index >= 15 is 0 Å². The highest BCUT2D eigenvalue weighted by atomic mass is 16.3. The minimum atomic E-state index is 0.856. The number of para-hydroxylation sites is 2. The van der Waals surface area contributed by atoms with Crippen LogP contribution >= 0.6 is 0 Å². The highest BCUT2D eigenvalue weighted by molar-refractivity contribution is 5.72. The standard InChI is InChI=1S/C19H25N5O/c1-22-10-8-20-18(22)15-24-13-11-23(12-14-24)9-4-7-19-21-16-5-2-3-6-17(16)25-19/h2-3,5-6,8,10H,4,7,9,11-15H2,1H3. The third-order valence-electron chi connectivity index (χ3n) is 4.95. The van der Waals surface area contributed by atoms with Gasteiger partial charge in [-0.3, -0.25) is 4.90 Å². The molecular weight excluding hydrogens is 314 g/mol. The Bertz CT molecular complexity index is 783. The molecule has 1 aliphatic heterocycles. The predicted molar refractivity (Wildman–Crippen MR) is 97.3 cm³/mol. The molecule has 1 saturated heterocycles. The van der Waals surface area contributed by atoms with Crippen molar-refractivity contribution in [3.8, 4) is 0 Å². The van der Waals surface area contributed by atoms with Crippen LogP contribution in [0.25, 0.3) is 11.1 Å². The molecule has 0 atom stereocenters. The minimum absolute atomic E-state index is 0.856. The van der Waals surface area contributed by atoms with Crippen molar-refractivity contribution in [2.75, 3.05) is 32.7 Å². The molecule has 0 saturated carbocycles. The summed E-state index contributed by atoms with van der Waals surface area (Å²) in [6.07, 6.45) is 5.88. The van der Waals surface area contributed by atoms with Gasteiger partial charge in [-0.05, 0) is 25.1 Å². The Morgan fingerprint density at radius 1 is 1.08 bits per heavy atom. The average Bonchev–Trinajstić information content (AvgIpc) is 3.22. The molecule has 3 heterocycles. The number of imidazole rings is 1. The fourth-order valence-corrected chi connectivity index (χ4v) is 3.40. The van der Waals surface area contributed by atoms with Crippen molar-refractivity contribution in [3.05, 3.63) is 48.4 Å². The summed E-state index contributed by atoms with van der Waals surface area (Å²) in [5, 5.41) is 0. The van der Waals surface area contributed by atoms with Crippen molar-refractivity contribution < 1.29 is 4.42 Å². The van der Waals surface area contributed by atoms with Gasteiger partial charge in [0.15, 0.2) is 11.5 Å². The van der Waals surface area contributed by atoms with E-state index in [1.54, 1.807) is 0 Å². The van der Waals surface area contributed by atoms with Gasteiger partial charge in [-0.15, -0.1) is 0 Å². The molecule has 6 nitrogen and oxygen atoms in total. The van der Waals surface area contributed by atoms with Gasteiger partial charge < -0.3 is 13.9 Å². The Hall–Kier alpha value is -2.18. The van der Waals surface area contributed by atoms with Crippen LogP contribution in [0.1, 0.15) is 18.1 Å². The van der Waals surface area contributed by atoms with Gasteiger partial charge in [0.05, 0.1) is 6.54 Å². The van der Waals surface area contributed by atoms with E-state index in [1.807, 2.05) is 36.7 Å². The first kappa shape index (κ1) is 16.3. The maximum absolute atomic E-state index is 5.80. The number of fused-ring (bicyclic) bond motifs is 1. The molecule has 3 aromatic rings. The van der Waals surface area contributed by atoms with Crippen molar-refractivity contribution in [2.45, 2.75) is 19.4 Å². The molecule has 6 heteroatoms. The van der Waals surface area contributed by atoms with Crippen LogP contribution in [0.2, 0.25) is 0 Å². The maximum Gasteiger partial charge on any atom is 0.195 e. The van der Waals surface area contributed by atoms with Crippen molar-refractivity contribution in [1.29, 1.82) is 0 Å². The zero-order chi connectivity index (χ0) is 17.1. The predicted octanol–water partition coefficient (Wildman–Crippen LogP) is 2.31. The van der Waals surface area contributed by atoms with E-state index in [9.17, 15) is 0 Å². The first-order chi connectivity index (χ1) is 12.3. The molecule has 4 rings (SSSR count). The van der Waals surface area contributed by atoms with E-state index in [0.29, 0.717) is 0 Å². The smallest absolute Gasteiger partial charge is 0.195 e. The topological polar surface area (TPSA) is 50.3 Å². The third kappa shape index (κ3) is 3.91. The maximum atomic E-state index is 5.80. The lowest BCUT2D eigenvalue weighted by Crippen LogP contribution is -2.46. The van der Waals surface area contributed by atoms with Crippen molar-refractivity contribution in [2.24, 2.45) is 7.05 Å². The molecule has 0 amide bonds.